The normalized spacial score (nSPS) is 47.6. The summed E-state index contributed by atoms with van der Waals surface area (Å²) in [4.78, 5) is 2.51. The standard InChI is InChI=1S/C14H28N2O/c1-9-7-10(2)14(12(15)8-9)16(4)13-5-6-17-11(13)3/h9-14H,5-8,15H2,1-4H3. The van der Waals surface area contributed by atoms with E-state index in [4.69, 9.17) is 10.5 Å². The Morgan fingerprint density at radius 2 is 1.88 bits per heavy atom. The van der Waals surface area contributed by atoms with Gasteiger partial charge in [0.2, 0.25) is 0 Å². The first kappa shape index (κ1) is 13.3. The van der Waals surface area contributed by atoms with Gasteiger partial charge in [-0.3, -0.25) is 4.90 Å². The lowest BCUT2D eigenvalue weighted by Gasteiger charge is -2.45. The van der Waals surface area contributed by atoms with Crippen molar-refractivity contribution in [1.29, 1.82) is 0 Å². The predicted molar refractivity (Wildman–Crippen MR) is 70.9 cm³/mol. The fourth-order valence-electron chi connectivity index (χ4n) is 4.08. The number of hydrogen-bond acceptors (Lipinski definition) is 3. The SMILES string of the molecule is CC1CC(C)C(N(C)C2CCOC2C)C(N)C1. The number of rotatable bonds is 2. The molecule has 0 aromatic carbocycles. The van der Waals surface area contributed by atoms with Gasteiger partial charge in [0.25, 0.3) is 0 Å². The van der Waals surface area contributed by atoms with Gasteiger partial charge in [-0.25, -0.2) is 0 Å². The second kappa shape index (κ2) is 5.25. The molecule has 1 saturated heterocycles. The van der Waals surface area contributed by atoms with Gasteiger partial charge in [-0.15, -0.1) is 0 Å². The maximum Gasteiger partial charge on any atom is 0.0703 e. The van der Waals surface area contributed by atoms with Crippen molar-refractivity contribution in [2.75, 3.05) is 13.7 Å². The Labute approximate surface area is 106 Å². The van der Waals surface area contributed by atoms with Gasteiger partial charge in [0.1, 0.15) is 0 Å². The van der Waals surface area contributed by atoms with E-state index in [0.717, 1.165) is 18.9 Å². The average Bonchev–Trinajstić information content (AvgIpc) is 2.62. The van der Waals surface area contributed by atoms with Crippen LogP contribution in [0.3, 0.4) is 0 Å². The van der Waals surface area contributed by atoms with Gasteiger partial charge < -0.3 is 10.5 Å². The zero-order valence-electron chi connectivity index (χ0n) is 11.7. The monoisotopic (exact) mass is 240 g/mol. The molecule has 6 unspecified atom stereocenters. The van der Waals surface area contributed by atoms with Gasteiger partial charge in [-0.05, 0) is 45.1 Å². The van der Waals surface area contributed by atoms with Gasteiger partial charge in [0.05, 0.1) is 6.10 Å². The topological polar surface area (TPSA) is 38.5 Å². The minimum Gasteiger partial charge on any atom is -0.377 e. The van der Waals surface area contributed by atoms with Crippen LogP contribution in [-0.2, 0) is 4.74 Å². The number of nitrogens with two attached hydrogens (primary N) is 1. The van der Waals surface area contributed by atoms with Crippen LogP contribution in [0.5, 0.6) is 0 Å². The summed E-state index contributed by atoms with van der Waals surface area (Å²) in [5.74, 6) is 1.48. The summed E-state index contributed by atoms with van der Waals surface area (Å²) < 4.78 is 5.69. The van der Waals surface area contributed by atoms with Crippen molar-refractivity contribution in [2.45, 2.75) is 64.3 Å². The highest BCUT2D eigenvalue weighted by molar-refractivity contribution is 4.95. The van der Waals surface area contributed by atoms with Crippen molar-refractivity contribution in [3.8, 4) is 0 Å². The van der Waals surface area contributed by atoms with Crippen molar-refractivity contribution in [1.82, 2.24) is 4.90 Å². The Morgan fingerprint density at radius 1 is 1.18 bits per heavy atom. The van der Waals surface area contributed by atoms with Crippen molar-refractivity contribution < 1.29 is 4.74 Å². The third-order valence-corrected chi connectivity index (χ3v) is 4.80. The van der Waals surface area contributed by atoms with E-state index in [1.54, 1.807) is 0 Å². The van der Waals surface area contributed by atoms with Crippen LogP contribution in [0, 0.1) is 11.8 Å². The zero-order chi connectivity index (χ0) is 12.6. The van der Waals surface area contributed by atoms with E-state index >= 15 is 0 Å². The molecular formula is C14H28N2O. The molecule has 3 nitrogen and oxygen atoms in total. The van der Waals surface area contributed by atoms with E-state index in [-0.39, 0.29) is 0 Å². The minimum absolute atomic E-state index is 0.326. The molecule has 3 heteroatoms. The van der Waals surface area contributed by atoms with Crippen LogP contribution in [0.15, 0.2) is 0 Å². The van der Waals surface area contributed by atoms with Crippen molar-refractivity contribution in [3.05, 3.63) is 0 Å². The molecule has 0 aromatic rings. The predicted octanol–water partition coefficient (Wildman–Crippen LogP) is 1.86. The molecule has 0 radical (unpaired) electrons. The summed E-state index contributed by atoms with van der Waals surface area (Å²) in [5, 5.41) is 0. The lowest BCUT2D eigenvalue weighted by Crippen LogP contribution is -2.57. The maximum atomic E-state index is 6.39. The molecule has 1 saturated carbocycles. The highest BCUT2D eigenvalue weighted by Gasteiger charge is 2.39. The molecule has 100 valence electrons. The first-order valence-corrected chi connectivity index (χ1v) is 7.09. The number of nitrogens with zero attached hydrogens (tertiary/aromatic N) is 1. The molecule has 1 heterocycles. The van der Waals surface area contributed by atoms with E-state index in [1.165, 1.54) is 12.8 Å². The van der Waals surface area contributed by atoms with E-state index in [9.17, 15) is 0 Å². The van der Waals surface area contributed by atoms with Gasteiger partial charge >= 0.3 is 0 Å². The summed E-state index contributed by atoms with van der Waals surface area (Å²) in [6.45, 7) is 7.78. The summed E-state index contributed by atoms with van der Waals surface area (Å²) in [7, 11) is 2.24. The van der Waals surface area contributed by atoms with E-state index in [1.807, 2.05) is 0 Å². The largest absolute Gasteiger partial charge is 0.377 e. The summed E-state index contributed by atoms with van der Waals surface area (Å²) in [6, 6.07) is 1.41. The third kappa shape index (κ3) is 2.67. The van der Waals surface area contributed by atoms with Crippen LogP contribution in [-0.4, -0.2) is 42.8 Å². The second-order valence-corrected chi connectivity index (χ2v) is 6.31. The molecule has 1 aliphatic heterocycles. The van der Waals surface area contributed by atoms with Gasteiger partial charge in [-0.2, -0.15) is 0 Å². The number of likely N-dealkylation sites (N-methyl/N-ethyl adjacent to an activating group) is 1. The fraction of sp³-hybridized carbons (Fsp3) is 1.00. The second-order valence-electron chi connectivity index (χ2n) is 6.31. The van der Waals surface area contributed by atoms with Crippen LogP contribution in [0.4, 0.5) is 0 Å². The van der Waals surface area contributed by atoms with E-state index in [2.05, 4.69) is 32.7 Å². The van der Waals surface area contributed by atoms with Gasteiger partial charge in [0, 0.05) is 24.7 Å². The van der Waals surface area contributed by atoms with Crippen LogP contribution >= 0.6 is 0 Å². The third-order valence-electron chi connectivity index (χ3n) is 4.80. The average molecular weight is 240 g/mol. The van der Waals surface area contributed by atoms with Crippen molar-refractivity contribution >= 4 is 0 Å². The summed E-state index contributed by atoms with van der Waals surface area (Å²) in [5.41, 5.74) is 6.39. The lowest BCUT2D eigenvalue weighted by molar-refractivity contribution is 0.0268. The molecule has 0 spiro atoms. The summed E-state index contributed by atoms with van der Waals surface area (Å²) >= 11 is 0. The van der Waals surface area contributed by atoms with Crippen LogP contribution in [0.1, 0.15) is 40.0 Å². The molecular weight excluding hydrogens is 212 g/mol. The van der Waals surface area contributed by atoms with Crippen LogP contribution < -0.4 is 5.73 Å². The molecule has 2 aliphatic rings. The molecule has 2 fully saturated rings. The van der Waals surface area contributed by atoms with Crippen molar-refractivity contribution in [3.63, 3.8) is 0 Å². The van der Waals surface area contributed by atoms with E-state index in [0.29, 0.717) is 30.1 Å². The minimum atomic E-state index is 0.326. The number of hydrogen-bond donors (Lipinski definition) is 1. The highest BCUT2D eigenvalue weighted by Crippen LogP contribution is 2.33. The number of ether oxygens (including phenoxy) is 1. The Morgan fingerprint density at radius 3 is 2.41 bits per heavy atom. The molecule has 0 aromatic heterocycles. The molecule has 0 bridgehead atoms. The maximum absolute atomic E-state index is 6.39. The highest BCUT2D eigenvalue weighted by atomic mass is 16.5. The molecule has 17 heavy (non-hydrogen) atoms. The van der Waals surface area contributed by atoms with Crippen LogP contribution in [0.2, 0.25) is 0 Å². The van der Waals surface area contributed by atoms with Crippen LogP contribution in [0.25, 0.3) is 0 Å². The zero-order valence-corrected chi connectivity index (χ0v) is 11.7. The Balaban J connectivity index is 2.04. The molecule has 0 amide bonds. The van der Waals surface area contributed by atoms with E-state index < -0.39 is 0 Å². The lowest BCUT2D eigenvalue weighted by atomic mass is 9.76. The Kier molecular flexibility index (Phi) is 4.11. The van der Waals surface area contributed by atoms with Crippen molar-refractivity contribution in [2.24, 2.45) is 17.6 Å². The Bertz CT molecular complexity index is 247. The Hall–Kier alpha value is -0.120. The first-order valence-electron chi connectivity index (χ1n) is 7.09. The molecule has 6 atom stereocenters. The first-order chi connectivity index (χ1) is 8.00. The van der Waals surface area contributed by atoms with Gasteiger partial charge in [0.15, 0.2) is 0 Å². The molecule has 2 N–H and O–H groups in total. The molecule has 1 aliphatic carbocycles. The van der Waals surface area contributed by atoms with Gasteiger partial charge in [-0.1, -0.05) is 13.8 Å². The quantitative estimate of drug-likeness (QED) is 0.800. The summed E-state index contributed by atoms with van der Waals surface area (Å²) in [6.07, 6.45) is 3.99. The molecule has 2 rings (SSSR count). The smallest absolute Gasteiger partial charge is 0.0703 e. The fourth-order valence-corrected chi connectivity index (χ4v) is 4.08.